The number of rotatable bonds is 6. The molecule has 4 heteroatoms. The van der Waals surface area contributed by atoms with Crippen molar-refractivity contribution in [3.63, 3.8) is 0 Å². The fourth-order valence-corrected chi connectivity index (χ4v) is 2.28. The monoisotopic (exact) mass is 272 g/mol. The van der Waals surface area contributed by atoms with Crippen LogP contribution in [-0.2, 0) is 6.54 Å². The minimum atomic E-state index is 0.00491. The predicted molar refractivity (Wildman–Crippen MR) is 80.1 cm³/mol. The summed E-state index contributed by atoms with van der Waals surface area (Å²) < 4.78 is 7.12. The van der Waals surface area contributed by atoms with Crippen LogP contribution in [0.2, 0.25) is 0 Å². The van der Waals surface area contributed by atoms with E-state index in [1.807, 2.05) is 36.5 Å². The number of pyridine rings is 1. The summed E-state index contributed by atoms with van der Waals surface area (Å²) in [5, 5.41) is 3.41. The van der Waals surface area contributed by atoms with Crippen LogP contribution in [0.25, 0.3) is 0 Å². The molecule has 0 amide bonds. The molecule has 1 N–H and O–H groups in total. The van der Waals surface area contributed by atoms with E-state index in [-0.39, 0.29) is 11.6 Å². The number of para-hydroxylation sites is 1. The molecule has 4 nitrogen and oxygen atoms in total. The maximum atomic E-state index is 11.8. The second-order valence-corrected chi connectivity index (χ2v) is 4.54. The second-order valence-electron chi connectivity index (χ2n) is 4.54. The van der Waals surface area contributed by atoms with Gasteiger partial charge in [0.25, 0.3) is 5.56 Å². The number of nitrogens with one attached hydrogen (secondary N) is 1. The molecule has 0 bridgehead atoms. The zero-order valence-electron chi connectivity index (χ0n) is 11.9. The number of hydrogen-bond acceptors (Lipinski definition) is 3. The number of hydrogen-bond donors (Lipinski definition) is 1. The van der Waals surface area contributed by atoms with Crippen LogP contribution in [0.15, 0.2) is 53.5 Å². The molecule has 1 aromatic carbocycles. The molecule has 2 rings (SSSR count). The average molecular weight is 272 g/mol. The van der Waals surface area contributed by atoms with Crippen molar-refractivity contribution in [3.8, 4) is 5.75 Å². The first-order valence-corrected chi connectivity index (χ1v) is 6.78. The summed E-state index contributed by atoms with van der Waals surface area (Å²) in [6.07, 6.45) is 1.81. The van der Waals surface area contributed by atoms with Crippen molar-refractivity contribution in [1.29, 1.82) is 0 Å². The summed E-state index contributed by atoms with van der Waals surface area (Å²) in [6, 6.07) is 13.1. The van der Waals surface area contributed by atoms with Crippen molar-refractivity contribution in [1.82, 2.24) is 9.88 Å². The number of nitrogens with zero attached hydrogens (tertiary/aromatic N) is 1. The molecule has 0 radical (unpaired) electrons. The Labute approximate surface area is 119 Å². The van der Waals surface area contributed by atoms with Gasteiger partial charge in [-0.15, -0.1) is 0 Å². The maximum Gasteiger partial charge on any atom is 0.250 e. The van der Waals surface area contributed by atoms with Gasteiger partial charge in [-0.05, 0) is 18.7 Å². The number of ether oxygens (including phenoxy) is 1. The van der Waals surface area contributed by atoms with Crippen molar-refractivity contribution in [2.24, 2.45) is 0 Å². The summed E-state index contributed by atoms with van der Waals surface area (Å²) in [7, 11) is 1.66. The number of likely N-dealkylation sites (N-methyl/N-ethyl adjacent to an activating group) is 1. The van der Waals surface area contributed by atoms with Crippen LogP contribution in [0.5, 0.6) is 5.75 Å². The molecule has 0 spiro atoms. The Bertz CT molecular complexity index is 607. The highest BCUT2D eigenvalue weighted by Crippen LogP contribution is 2.25. The van der Waals surface area contributed by atoms with Crippen molar-refractivity contribution >= 4 is 0 Å². The zero-order valence-corrected chi connectivity index (χ0v) is 11.9. The number of methoxy groups -OCH3 is 1. The van der Waals surface area contributed by atoms with Gasteiger partial charge in [-0.1, -0.05) is 31.2 Å². The summed E-state index contributed by atoms with van der Waals surface area (Å²) in [6.45, 7) is 3.45. The summed E-state index contributed by atoms with van der Waals surface area (Å²) in [4.78, 5) is 11.8. The van der Waals surface area contributed by atoms with Gasteiger partial charge in [0.15, 0.2) is 0 Å². The third-order valence-electron chi connectivity index (χ3n) is 3.24. The highest BCUT2D eigenvalue weighted by Gasteiger charge is 2.15. The Morgan fingerprint density at radius 2 is 1.95 bits per heavy atom. The van der Waals surface area contributed by atoms with Crippen LogP contribution in [-0.4, -0.2) is 18.2 Å². The Morgan fingerprint density at radius 1 is 1.20 bits per heavy atom. The van der Waals surface area contributed by atoms with E-state index in [0.717, 1.165) is 17.9 Å². The molecule has 20 heavy (non-hydrogen) atoms. The van der Waals surface area contributed by atoms with Crippen molar-refractivity contribution in [3.05, 3.63) is 64.6 Å². The molecule has 0 aliphatic carbocycles. The summed E-state index contributed by atoms with van der Waals surface area (Å²) in [5.41, 5.74) is 1.07. The lowest BCUT2D eigenvalue weighted by atomic mass is 10.1. The minimum absolute atomic E-state index is 0.00491. The Hall–Kier alpha value is -2.07. The molecule has 106 valence electrons. The lowest BCUT2D eigenvalue weighted by Gasteiger charge is -2.21. The van der Waals surface area contributed by atoms with E-state index in [4.69, 9.17) is 4.74 Å². The van der Waals surface area contributed by atoms with E-state index in [9.17, 15) is 4.79 Å². The summed E-state index contributed by atoms with van der Waals surface area (Å²) >= 11 is 0. The maximum absolute atomic E-state index is 11.8. The van der Waals surface area contributed by atoms with Gasteiger partial charge < -0.3 is 14.6 Å². The van der Waals surface area contributed by atoms with Crippen molar-refractivity contribution in [2.75, 3.05) is 13.7 Å². The van der Waals surface area contributed by atoms with E-state index < -0.39 is 0 Å². The highest BCUT2D eigenvalue weighted by atomic mass is 16.5. The first-order valence-electron chi connectivity index (χ1n) is 6.78. The largest absolute Gasteiger partial charge is 0.496 e. The minimum Gasteiger partial charge on any atom is -0.496 e. The molecule has 0 saturated carbocycles. The smallest absolute Gasteiger partial charge is 0.250 e. The van der Waals surface area contributed by atoms with Gasteiger partial charge in [-0.25, -0.2) is 0 Å². The molecule has 1 unspecified atom stereocenters. The topological polar surface area (TPSA) is 43.3 Å². The van der Waals surface area contributed by atoms with Crippen molar-refractivity contribution < 1.29 is 4.74 Å². The van der Waals surface area contributed by atoms with Gasteiger partial charge in [-0.2, -0.15) is 0 Å². The molecule has 1 heterocycles. The Morgan fingerprint density at radius 3 is 2.65 bits per heavy atom. The van der Waals surface area contributed by atoms with E-state index in [2.05, 4.69) is 12.2 Å². The molecular formula is C16H20N2O2. The van der Waals surface area contributed by atoms with Crippen LogP contribution >= 0.6 is 0 Å². The molecule has 1 aromatic heterocycles. The van der Waals surface area contributed by atoms with Crippen LogP contribution < -0.4 is 15.6 Å². The third-order valence-corrected chi connectivity index (χ3v) is 3.24. The van der Waals surface area contributed by atoms with Crippen LogP contribution in [0.4, 0.5) is 0 Å². The SMILES string of the molecule is CCNC(Cn1ccccc1=O)c1ccccc1OC. The average Bonchev–Trinajstić information content (AvgIpc) is 2.49. The lowest BCUT2D eigenvalue weighted by molar-refractivity contribution is 0.389. The van der Waals surface area contributed by atoms with E-state index >= 15 is 0 Å². The van der Waals surface area contributed by atoms with E-state index in [1.54, 1.807) is 23.8 Å². The molecule has 2 aromatic rings. The van der Waals surface area contributed by atoms with Gasteiger partial charge in [0.2, 0.25) is 0 Å². The molecule has 0 aliphatic rings. The highest BCUT2D eigenvalue weighted by molar-refractivity contribution is 5.35. The van der Waals surface area contributed by atoms with E-state index in [1.165, 1.54) is 0 Å². The van der Waals surface area contributed by atoms with Crippen molar-refractivity contribution in [2.45, 2.75) is 19.5 Å². The Balaban J connectivity index is 2.32. The van der Waals surface area contributed by atoms with Crippen LogP contribution in [0.3, 0.4) is 0 Å². The number of aromatic nitrogens is 1. The van der Waals surface area contributed by atoms with Crippen LogP contribution in [0, 0.1) is 0 Å². The number of benzene rings is 1. The first-order chi connectivity index (χ1) is 9.76. The fraction of sp³-hybridized carbons (Fsp3) is 0.312. The zero-order chi connectivity index (χ0) is 14.4. The van der Waals surface area contributed by atoms with Gasteiger partial charge in [0.05, 0.1) is 13.2 Å². The predicted octanol–water partition coefficient (Wildman–Crippen LogP) is 2.21. The molecule has 0 aliphatic heterocycles. The molecule has 0 fully saturated rings. The summed E-state index contributed by atoms with van der Waals surface area (Å²) in [5.74, 6) is 0.836. The van der Waals surface area contributed by atoms with Gasteiger partial charge in [-0.3, -0.25) is 4.79 Å². The second kappa shape index (κ2) is 6.91. The first kappa shape index (κ1) is 14.3. The quantitative estimate of drug-likeness (QED) is 0.876. The molecule has 1 atom stereocenters. The third kappa shape index (κ3) is 3.27. The lowest BCUT2D eigenvalue weighted by Crippen LogP contribution is -2.30. The van der Waals surface area contributed by atoms with Gasteiger partial charge in [0, 0.05) is 24.4 Å². The van der Waals surface area contributed by atoms with Gasteiger partial charge >= 0.3 is 0 Å². The fourth-order valence-electron chi connectivity index (χ4n) is 2.28. The molecule has 0 saturated heterocycles. The molecular weight excluding hydrogens is 252 g/mol. The standard InChI is InChI=1S/C16H20N2O2/c1-3-17-14(12-18-11-7-6-10-16(18)19)13-8-4-5-9-15(13)20-2/h4-11,14,17H,3,12H2,1-2H3. The Kier molecular flexibility index (Phi) is 4.96. The van der Waals surface area contributed by atoms with Gasteiger partial charge in [0.1, 0.15) is 5.75 Å². The normalized spacial score (nSPS) is 12.1. The van der Waals surface area contributed by atoms with Crippen LogP contribution in [0.1, 0.15) is 18.5 Å². The van der Waals surface area contributed by atoms with E-state index in [0.29, 0.717) is 6.54 Å².